The summed E-state index contributed by atoms with van der Waals surface area (Å²) in [7, 11) is 0. The molecule has 4 aromatic rings. The van der Waals surface area contributed by atoms with Crippen molar-refractivity contribution in [3.63, 3.8) is 0 Å². The molecule has 0 aliphatic carbocycles. The minimum atomic E-state index is -0.0681. The van der Waals surface area contributed by atoms with Crippen molar-refractivity contribution in [1.29, 1.82) is 0 Å². The minimum absolute atomic E-state index is 0.0681. The molecule has 4 heteroatoms. The van der Waals surface area contributed by atoms with Crippen LogP contribution in [-0.2, 0) is 0 Å². The van der Waals surface area contributed by atoms with Crippen molar-refractivity contribution in [2.75, 3.05) is 0 Å². The number of hydrogen-bond acceptors (Lipinski definition) is 2. The van der Waals surface area contributed by atoms with Crippen LogP contribution in [0, 0.1) is 0 Å². The molecule has 2 heterocycles. The van der Waals surface area contributed by atoms with E-state index in [1.165, 1.54) is 0 Å². The van der Waals surface area contributed by atoms with Crippen LogP contribution in [0.15, 0.2) is 77.7 Å². The predicted molar refractivity (Wildman–Crippen MR) is 87.1 cm³/mol. The number of aromatic amines is 1. The SMILES string of the molecule is O=c1c2ccccc2nc(-c2ccc[nH]2)n1-c1ccccc1. The van der Waals surface area contributed by atoms with E-state index in [0.29, 0.717) is 16.7 Å². The predicted octanol–water partition coefficient (Wildman–Crippen LogP) is 3.38. The molecule has 0 bridgehead atoms. The molecular weight excluding hydrogens is 274 g/mol. The molecule has 0 atom stereocenters. The molecule has 4 rings (SSSR count). The van der Waals surface area contributed by atoms with E-state index >= 15 is 0 Å². The second-order valence-electron chi connectivity index (χ2n) is 5.01. The van der Waals surface area contributed by atoms with Crippen LogP contribution in [0.4, 0.5) is 0 Å². The topological polar surface area (TPSA) is 50.7 Å². The molecule has 0 aliphatic rings. The Balaban J connectivity index is 2.15. The van der Waals surface area contributed by atoms with Crippen molar-refractivity contribution in [3.8, 4) is 17.2 Å². The molecular formula is C18H13N3O. The van der Waals surface area contributed by atoms with Gasteiger partial charge in [0.2, 0.25) is 0 Å². The Bertz CT molecular complexity index is 986. The van der Waals surface area contributed by atoms with Crippen LogP contribution in [0.2, 0.25) is 0 Å². The van der Waals surface area contributed by atoms with Gasteiger partial charge >= 0.3 is 0 Å². The van der Waals surface area contributed by atoms with Crippen molar-refractivity contribution in [1.82, 2.24) is 14.5 Å². The average molecular weight is 287 g/mol. The first kappa shape index (κ1) is 12.6. The molecule has 0 saturated heterocycles. The fraction of sp³-hybridized carbons (Fsp3) is 0. The molecule has 106 valence electrons. The highest BCUT2D eigenvalue weighted by molar-refractivity contribution is 5.80. The maximum atomic E-state index is 13.0. The zero-order valence-corrected chi connectivity index (χ0v) is 11.7. The summed E-state index contributed by atoms with van der Waals surface area (Å²) in [6.45, 7) is 0. The minimum Gasteiger partial charge on any atom is -0.359 e. The summed E-state index contributed by atoms with van der Waals surface area (Å²) in [5.41, 5.74) is 2.24. The molecule has 1 N–H and O–H groups in total. The van der Waals surface area contributed by atoms with Gasteiger partial charge in [-0.1, -0.05) is 30.3 Å². The number of para-hydroxylation sites is 2. The first-order valence-electron chi connectivity index (χ1n) is 7.05. The molecule has 0 fully saturated rings. The number of rotatable bonds is 2. The van der Waals surface area contributed by atoms with Crippen LogP contribution in [0.5, 0.6) is 0 Å². The maximum absolute atomic E-state index is 13.0. The molecule has 2 aromatic heterocycles. The standard InChI is InChI=1S/C18H13N3O/c22-18-14-9-4-5-10-15(14)20-17(16-11-6-12-19-16)21(18)13-7-2-1-3-8-13/h1-12,19H. The molecule has 0 radical (unpaired) electrons. The smallest absolute Gasteiger partial charge is 0.266 e. The number of aromatic nitrogens is 3. The summed E-state index contributed by atoms with van der Waals surface area (Å²) in [5.74, 6) is 0.611. The summed E-state index contributed by atoms with van der Waals surface area (Å²) in [6, 6.07) is 20.8. The Kier molecular flexibility index (Phi) is 2.86. The lowest BCUT2D eigenvalue weighted by Gasteiger charge is -2.12. The summed E-state index contributed by atoms with van der Waals surface area (Å²) < 4.78 is 1.65. The summed E-state index contributed by atoms with van der Waals surface area (Å²) >= 11 is 0. The first-order chi connectivity index (χ1) is 10.8. The average Bonchev–Trinajstić information content (AvgIpc) is 3.10. The third-order valence-electron chi connectivity index (χ3n) is 3.63. The zero-order chi connectivity index (χ0) is 14.9. The van der Waals surface area contributed by atoms with Crippen LogP contribution in [0.3, 0.4) is 0 Å². The van der Waals surface area contributed by atoms with Crippen LogP contribution in [0.25, 0.3) is 28.1 Å². The Morgan fingerprint density at radius 2 is 1.64 bits per heavy atom. The highest BCUT2D eigenvalue weighted by Gasteiger charge is 2.14. The van der Waals surface area contributed by atoms with Gasteiger partial charge in [-0.05, 0) is 36.4 Å². The highest BCUT2D eigenvalue weighted by atomic mass is 16.1. The Morgan fingerprint density at radius 3 is 2.41 bits per heavy atom. The van der Waals surface area contributed by atoms with E-state index in [1.54, 1.807) is 4.57 Å². The van der Waals surface area contributed by atoms with Gasteiger partial charge in [0.15, 0.2) is 5.82 Å². The van der Waals surface area contributed by atoms with E-state index in [1.807, 2.05) is 72.9 Å². The normalized spacial score (nSPS) is 10.9. The van der Waals surface area contributed by atoms with E-state index in [2.05, 4.69) is 9.97 Å². The fourth-order valence-electron chi connectivity index (χ4n) is 2.60. The van der Waals surface area contributed by atoms with Gasteiger partial charge in [0.1, 0.15) is 0 Å². The Labute approximate surface area is 126 Å². The van der Waals surface area contributed by atoms with Crippen molar-refractivity contribution in [2.45, 2.75) is 0 Å². The third kappa shape index (κ3) is 1.93. The van der Waals surface area contributed by atoms with E-state index in [9.17, 15) is 4.79 Å². The van der Waals surface area contributed by atoms with Gasteiger partial charge in [-0.2, -0.15) is 0 Å². The van der Waals surface area contributed by atoms with Crippen molar-refractivity contribution < 1.29 is 0 Å². The van der Waals surface area contributed by atoms with Crippen LogP contribution in [0.1, 0.15) is 0 Å². The summed E-state index contributed by atoms with van der Waals surface area (Å²) in [6.07, 6.45) is 1.83. The van der Waals surface area contributed by atoms with Crippen LogP contribution < -0.4 is 5.56 Å². The lowest BCUT2D eigenvalue weighted by Crippen LogP contribution is -2.22. The Morgan fingerprint density at radius 1 is 0.864 bits per heavy atom. The van der Waals surface area contributed by atoms with Gasteiger partial charge in [0.05, 0.1) is 22.3 Å². The second kappa shape index (κ2) is 5.00. The van der Waals surface area contributed by atoms with E-state index in [0.717, 1.165) is 11.4 Å². The van der Waals surface area contributed by atoms with E-state index in [-0.39, 0.29) is 5.56 Å². The van der Waals surface area contributed by atoms with Gasteiger partial charge in [-0.25, -0.2) is 4.98 Å². The quantitative estimate of drug-likeness (QED) is 0.614. The Hall–Kier alpha value is -3.14. The van der Waals surface area contributed by atoms with Gasteiger partial charge in [0, 0.05) is 6.20 Å². The second-order valence-corrected chi connectivity index (χ2v) is 5.01. The maximum Gasteiger partial charge on any atom is 0.266 e. The first-order valence-corrected chi connectivity index (χ1v) is 7.05. The fourth-order valence-corrected chi connectivity index (χ4v) is 2.60. The summed E-state index contributed by atoms with van der Waals surface area (Å²) in [4.78, 5) is 20.8. The van der Waals surface area contributed by atoms with Crippen molar-refractivity contribution >= 4 is 10.9 Å². The number of nitrogens with zero attached hydrogens (tertiary/aromatic N) is 2. The monoisotopic (exact) mass is 287 g/mol. The van der Waals surface area contributed by atoms with E-state index in [4.69, 9.17) is 0 Å². The molecule has 2 aromatic carbocycles. The number of H-pyrrole nitrogens is 1. The lowest BCUT2D eigenvalue weighted by molar-refractivity contribution is 0.968. The highest BCUT2D eigenvalue weighted by Crippen LogP contribution is 2.20. The van der Waals surface area contributed by atoms with Gasteiger partial charge in [0.25, 0.3) is 5.56 Å². The summed E-state index contributed by atoms with van der Waals surface area (Å²) in [5, 5.41) is 0.613. The van der Waals surface area contributed by atoms with Crippen LogP contribution >= 0.6 is 0 Å². The molecule has 22 heavy (non-hydrogen) atoms. The molecule has 0 amide bonds. The number of fused-ring (bicyclic) bond motifs is 1. The number of nitrogens with one attached hydrogen (secondary N) is 1. The molecule has 0 spiro atoms. The van der Waals surface area contributed by atoms with Gasteiger partial charge < -0.3 is 4.98 Å². The van der Waals surface area contributed by atoms with Crippen LogP contribution in [-0.4, -0.2) is 14.5 Å². The molecule has 0 unspecified atom stereocenters. The van der Waals surface area contributed by atoms with Gasteiger partial charge in [-0.15, -0.1) is 0 Å². The third-order valence-corrected chi connectivity index (χ3v) is 3.63. The molecule has 4 nitrogen and oxygen atoms in total. The molecule has 0 saturated carbocycles. The molecule has 0 aliphatic heterocycles. The lowest BCUT2D eigenvalue weighted by atomic mass is 10.2. The van der Waals surface area contributed by atoms with Gasteiger partial charge in [-0.3, -0.25) is 9.36 Å². The number of hydrogen-bond donors (Lipinski definition) is 1. The van der Waals surface area contributed by atoms with E-state index < -0.39 is 0 Å². The largest absolute Gasteiger partial charge is 0.359 e. The van der Waals surface area contributed by atoms with Crippen molar-refractivity contribution in [2.24, 2.45) is 0 Å². The van der Waals surface area contributed by atoms with Crippen molar-refractivity contribution in [3.05, 3.63) is 83.3 Å². The number of benzene rings is 2. The zero-order valence-electron chi connectivity index (χ0n) is 11.7.